The summed E-state index contributed by atoms with van der Waals surface area (Å²) in [5.74, 6) is -0.941. The van der Waals surface area contributed by atoms with Crippen molar-refractivity contribution in [2.24, 2.45) is 0 Å². The molecule has 100 valence electrons. The number of rotatable bonds is 2. The number of carbonyl (C=O) groups excluding carboxylic acids is 2. The molecule has 1 heterocycles. The van der Waals surface area contributed by atoms with E-state index < -0.39 is 0 Å². The maximum atomic E-state index is 12.9. The molecule has 0 saturated carbocycles. The Morgan fingerprint density at radius 1 is 0.950 bits per heavy atom. The topological polar surface area (TPSA) is 37.4 Å². The first-order valence-corrected chi connectivity index (χ1v) is 7.04. The molecule has 3 rings (SSSR count). The fourth-order valence-corrected chi connectivity index (χ4v) is 2.67. The fourth-order valence-electron chi connectivity index (χ4n) is 2.18. The minimum Gasteiger partial charge on any atom is -0.270 e. The van der Waals surface area contributed by atoms with Gasteiger partial charge in [-0.05, 0) is 58.5 Å². The van der Waals surface area contributed by atoms with Crippen LogP contribution in [0.3, 0.4) is 0 Å². The van der Waals surface area contributed by atoms with Gasteiger partial charge in [-0.3, -0.25) is 14.5 Å². The minimum absolute atomic E-state index is 0.156. The lowest BCUT2D eigenvalue weighted by Gasteiger charge is -2.13. The van der Waals surface area contributed by atoms with Gasteiger partial charge in [0, 0.05) is 3.57 Å². The maximum absolute atomic E-state index is 12.9. The standard InChI is InChI=1S/C15H9FINO2/c16-10-3-1-9(2-4-10)8-18-14(19)12-6-5-11(17)7-13(12)15(18)20/h1-7H,8H2. The maximum Gasteiger partial charge on any atom is 0.261 e. The van der Waals surface area contributed by atoms with Crippen LogP contribution in [0.4, 0.5) is 4.39 Å². The van der Waals surface area contributed by atoms with Crippen molar-refractivity contribution in [3.05, 3.63) is 68.5 Å². The summed E-state index contributed by atoms with van der Waals surface area (Å²) in [5, 5.41) is 0. The third-order valence-corrected chi connectivity index (χ3v) is 3.86. The first-order valence-electron chi connectivity index (χ1n) is 5.96. The smallest absolute Gasteiger partial charge is 0.261 e. The van der Waals surface area contributed by atoms with Crippen molar-refractivity contribution >= 4 is 34.4 Å². The highest BCUT2D eigenvalue weighted by Gasteiger charge is 2.35. The van der Waals surface area contributed by atoms with Crippen molar-refractivity contribution in [3.63, 3.8) is 0 Å². The summed E-state index contributed by atoms with van der Waals surface area (Å²) < 4.78 is 13.8. The summed E-state index contributed by atoms with van der Waals surface area (Å²) in [6.45, 7) is 0.156. The molecule has 1 aliphatic rings. The molecule has 2 aromatic rings. The zero-order valence-electron chi connectivity index (χ0n) is 10.3. The number of imide groups is 1. The Morgan fingerprint density at radius 2 is 1.60 bits per heavy atom. The highest BCUT2D eigenvalue weighted by atomic mass is 127. The van der Waals surface area contributed by atoms with Gasteiger partial charge in [-0.2, -0.15) is 0 Å². The molecule has 1 aliphatic heterocycles. The van der Waals surface area contributed by atoms with E-state index in [0.29, 0.717) is 11.1 Å². The van der Waals surface area contributed by atoms with Crippen LogP contribution >= 0.6 is 22.6 Å². The molecule has 2 aromatic carbocycles. The molecule has 0 aromatic heterocycles. The summed E-state index contributed by atoms with van der Waals surface area (Å²) in [4.78, 5) is 25.7. The summed E-state index contributed by atoms with van der Waals surface area (Å²) >= 11 is 2.10. The highest BCUT2D eigenvalue weighted by Crippen LogP contribution is 2.26. The lowest BCUT2D eigenvalue weighted by atomic mass is 10.1. The quantitative estimate of drug-likeness (QED) is 0.592. The van der Waals surface area contributed by atoms with E-state index in [1.54, 1.807) is 30.3 Å². The molecule has 0 atom stereocenters. The van der Waals surface area contributed by atoms with Gasteiger partial charge in [0.05, 0.1) is 17.7 Å². The van der Waals surface area contributed by atoms with E-state index in [1.165, 1.54) is 17.0 Å². The molecule has 0 N–H and O–H groups in total. The van der Waals surface area contributed by atoms with Gasteiger partial charge in [-0.1, -0.05) is 12.1 Å². The first kappa shape index (κ1) is 13.2. The van der Waals surface area contributed by atoms with Gasteiger partial charge in [0.15, 0.2) is 0 Å². The average Bonchev–Trinajstić information content (AvgIpc) is 2.66. The van der Waals surface area contributed by atoms with Gasteiger partial charge in [0.25, 0.3) is 11.8 Å². The minimum atomic E-state index is -0.342. The van der Waals surface area contributed by atoms with Gasteiger partial charge in [-0.25, -0.2) is 4.39 Å². The fraction of sp³-hybridized carbons (Fsp3) is 0.0667. The van der Waals surface area contributed by atoms with E-state index in [2.05, 4.69) is 22.6 Å². The second-order valence-corrected chi connectivity index (χ2v) is 5.76. The van der Waals surface area contributed by atoms with Crippen LogP contribution < -0.4 is 0 Å². The Balaban J connectivity index is 1.91. The Morgan fingerprint density at radius 3 is 2.30 bits per heavy atom. The number of benzene rings is 2. The van der Waals surface area contributed by atoms with Crippen LogP contribution in [0.15, 0.2) is 42.5 Å². The summed E-state index contributed by atoms with van der Waals surface area (Å²) in [6, 6.07) is 11.0. The lowest BCUT2D eigenvalue weighted by Crippen LogP contribution is -2.29. The van der Waals surface area contributed by atoms with Crippen LogP contribution in [0.5, 0.6) is 0 Å². The predicted molar refractivity (Wildman–Crippen MR) is 79.8 cm³/mol. The molecule has 20 heavy (non-hydrogen) atoms. The van der Waals surface area contributed by atoms with Crippen molar-refractivity contribution in [1.29, 1.82) is 0 Å². The van der Waals surface area contributed by atoms with Gasteiger partial charge in [-0.15, -0.1) is 0 Å². The highest BCUT2D eigenvalue weighted by molar-refractivity contribution is 14.1. The second kappa shape index (κ2) is 4.97. The van der Waals surface area contributed by atoms with Crippen LogP contribution in [0.25, 0.3) is 0 Å². The summed E-state index contributed by atoms with van der Waals surface area (Å²) in [6.07, 6.45) is 0. The molecule has 3 nitrogen and oxygen atoms in total. The van der Waals surface area contributed by atoms with Gasteiger partial charge >= 0.3 is 0 Å². The van der Waals surface area contributed by atoms with Crippen molar-refractivity contribution in [2.45, 2.75) is 6.54 Å². The van der Waals surface area contributed by atoms with Gasteiger partial charge in [0.2, 0.25) is 0 Å². The van der Waals surface area contributed by atoms with E-state index in [4.69, 9.17) is 0 Å². The predicted octanol–water partition coefficient (Wildman–Crippen LogP) is 3.23. The van der Waals surface area contributed by atoms with E-state index in [9.17, 15) is 14.0 Å². The number of hydrogen-bond acceptors (Lipinski definition) is 2. The molecular weight excluding hydrogens is 372 g/mol. The van der Waals surface area contributed by atoms with Crippen molar-refractivity contribution in [2.75, 3.05) is 0 Å². The third-order valence-electron chi connectivity index (χ3n) is 3.19. The number of amides is 2. The molecule has 5 heteroatoms. The number of halogens is 2. The Kier molecular flexibility index (Phi) is 3.29. The van der Waals surface area contributed by atoms with Crippen LogP contribution in [-0.2, 0) is 6.54 Å². The van der Waals surface area contributed by atoms with Crippen molar-refractivity contribution in [3.8, 4) is 0 Å². The molecular formula is C15H9FINO2. The van der Waals surface area contributed by atoms with Crippen molar-refractivity contribution in [1.82, 2.24) is 4.90 Å². The Hall–Kier alpha value is -1.76. The number of carbonyl (C=O) groups is 2. The second-order valence-electron chi connectivity index (χ2n) is 4.51. The molecule has 0 fully saturated rings. The zero-order chi connectivity index (χ0) is 14.3. The van der Waals surface area contributed by atoms with E-state index in [0.717, 1.165) is 9.13 Å². The van der Waals surface area contributed by atoms with Crippen LogP contribution in [0, 0.1) is 9.39 Å². The molecule has 2 amide bonds. The molecule has 0 unspecified atom stereocenters. The molecule has 0 spiro atoms. The number of fused-ring (bicyclic) bond motifs is 1. The van der Waals surface area contributed by atoms with Gasteiger partial charge in [0.1, 0.15) is 5.82 Å². The number of hydrogen-bond donors (Lipinski definition) is 0. The molecule has 0 saturated heterocycles. The van der Waals surface area contributed by atoms with E-state index in [1.807, 2.05) is 0 Å². The van der Waals surface area contributed by atoms with Crippen LogP contribution in [-0.4, -0.2) is 16.7 Å². The zero-order valence-corrected chi connectivity index (χ0v) is 12.4. The summed E-state index contributed by atoms with van der Waals surface area (Å²) in [7, 11) is 0. The largest absolute Gasteiger partial charge is 0.270 e. The SMILES string of the molecule is O=C1c2ccc(I)cc2C(=O)N1Cc1ccc(F)cc1. The van der Waals surface area contributed by atoms with Gasteiger partial charge < -0.3 is 0 Å². The number of nitrogens with zero attached hydrogens (tertiary/aromatic N) is 1. The Labute approximate surface area is 128 Å². The van der Waals surface area contributed by atoms with Crippen LogP contribution in [0.1, 0.15) is 26.3 Å². The van der Waals surface area contributed by atoms with Crippen molar-refractivity contribution < 1.29 is 14.0 Å². The average molecular weight is 381 g/mol. The monoisotopic (exact) mass is 381 g/mol. The normalized spacial score (nSPS) is 13.8. The first-order chi connectivity index (χ1) is 9.56. The molecule has 0 radical (unpaired) electrons. The third kappa shape index (κ3) is 2.22. The Bertz CT molecular complexity index is 712. The molecule has 0 bridgehead atoms. The summed E-state index contributed by atoms with van der Waals surface area (Å²) in [5.41, 5.74) is 1.58. The molecule has 0 aliphatic carbocycles. The van der Waals surface area contributed by atoms with E-state index >= 15 is 0 Å². The lowest BCUT2D eigenvalue weighted by molar-refractivity contribution is 0.0642. The van der Waals surface area contributed by atoms with E-state index in [-0.39, 0.29) is 24.2 Å². The van der Waals surface area contributed by atoms with Crippen LogP contribution in [0.2, 0.25) is 0 Å².